The Morgan fingerprint density at radius 2 is 1.74 bits per heavy atom. The molecular formula is C46H51FN8O10. The number of nitrogens with two attached hydrogens (primary N) is 1. The normalized spacial score (nSPS) is 18.9. The van der Waals surface area contributed by atoms with Gasteiger partial charge in [0.25, 0.3) is 5.56 Å². The minimum absolute atomic E-state index is 0.0331. The summed E-state index contributed by atoms with van der Waals surface area (Å²) in [5.41, 5.74) is 7.68. The summed E-state index contributed by atoms with van der Waals surface area (Å²) in [6, 6.07) is 10.6. The van der Waals surface area contributed by atoms with E-state index in [1.165, 1.54) is 10.6 Å². The van der Waals surface area contributed by atoms with Crippen molar-refractivity contribution >= 4 is 46.4 Å². The maximum absolute atomic E-state index is 15.4. The van der Waals surface area contributed by atoms with Gasteiger partial charge in [-0.05, 0) is 86.1 Å². The summed E-state index contributed by atoms with van der Waals surface area (Å²) >= 11 is 0. The van der Waals surface area contributed by atoms with Crippen molar-refractivity contribution in [3.63, 3.8) is 0 Å². The molecule has 65 heavy (non-hydrogen) atoms. The maximum atomic E-state index is 15.4. The predicted molar refractivity (Wildman–Crippen MR) is 231 cm³/mol. The Kier molecular flexibility index (Phi) is 12.8. The van der Waals surface area contributed by atoms with Crippen LogP contribution in [0.25, 0.3) is 22.3 Å². The SMILES string of the molecule is CC[C@@]1(O)C(=O)OCc2c1cc1n(c2=O)Cc2c-1nc1cc(F)c(C)c3c1c2[C@@H](NC(=O)[C@@H](OCNC(=O)CNC(=O)[C@H](CCc1ccccc1)NC(=O)CNC(=O)CN)C1CC1)CC3. The smallest absolute Gasteiger partial charge is 0.343 e. The summed E-state index contributed by atoms with van der Waals surface area (Å²) in [5.74, 6) is -4.22. The molecule has 8 rings (SSSR count). The van der Waals surface area contributed by atoms with E-state index in [0.717, 1.165) is 11.1 Å². The van der Waals surface area contributed by atoms with Gasteiger partial charge in [-0.3, -0.25) is 28.8 Å². The number of nitrogens with zero attached hydrogens (tertiary/aromatic N) is 2. The molecule has 8 N–H and O–H groups in total. The number of rotatable bonds is 17. The zero-order valence-electron chi connectivity index (χ0n) is 36.0. The van der Waals surface area contributed by atoms with Crippen LogP contribution in [-0.4, -0.2) is 88.7 Å². The van der Waals surface area contributed by atoms with Crippen LogP contribution in [0.5, 0.6) is 0 Å². The van der Waals surface area contributed by atoms with Crippen LogP contribution in [0.2, 0.25) is 0 Å². The van der Waals surface area contributed by atoms with Crippen LogP contribution < -0.4 is 37.9 Å². The largest absolute Gasteiger partial charge is 0.458 e. The minimum Gasteiger partial charge on any atom is -0.458 e. The molecule has 1 fully saturated rings. The number of aromatic nitrogens is 2. The van der Waals surface area contributed by atoms with Crippen molar-refractivity contribution in [3.8, 4) is 11.4 Å². The van der Waals surface area contributed by atoms with E-state index in [1.807, 2.05) is 30.3 Å². The molecule has 0 saturated heterocycles. The third-order valence-electron chi connectivity index (χ3n) is 12.8. The molecule has 4 aliphatic rings. The number of hydrogen-bond acceptors (Lipinski definition) is 12. The van der Waals surface area contributed by atoms with Crippen LogP contribution in [0.15, 0.2) is 47.3 Å². The Balaban J connectivity index is 0.953. The van der Waals surface area contributed by atoms with Crippen LogP contribution in [0.3, 0.4) is 0 Å². The molecule has 2 aromatic carbocycles. The van der Waals surface area contributed by atoms with Crippen LogP contribution in [0.1, 0.15) is 84.0 Å². The van der Waals surface area contributed by atoms with Crippen molar-refractivity contribution in [3.05, 3.63) is 97.6 Å². The quantitative estimate of drug-likeness (QED) is 0.0506. The molecule has 0 unspecified atom stereocenters. The number of amides is 5. The van der Waals surface area contributed by atoms with E-state index in [1.54, 1.807) is 19.9 Å². The van der Waals surface area contributed by atoms with Crippen molar-refractivity contribution in [2.24, 2.45) is 11.7 Å². The van der Waals surface area contributed by atoms with E-state index < -0.39 is 77.2 Å². The van der Waals surface area contributed by atoms with Gasteiger partial charge in [-0.25, -0.2) is 14.2 Å². The average molecular weight is 895 g/mol. The van der Waals surface area contributed by atoms with Gasteiger partial charge in [-0.2, -0.15) is 0 Å². The molecule has 0 spiro atoms. The Morgan fingerprint density at radius 3 is 2.46 bits per heavy atom. The highest BCUT2D eigenvalue weighted by atomic mass is 19.1. The highest BCUT2D eigenvalue weighted by Gasteiger charge is 2.46. The monoisotopic (exact) mass is 894 g/mol. The number of carbonyl (C=O) groups excluding carboxylic acids is 6. The van der Waals surface area contributed by atoms with Crippen LogP contribution >= 0.6 is 0 Å². The van der Waals surface area contributed by atoms with Gasteiger partial charge in [0, 0.05) is 22.6 Å². The van der Waals surface area contributed by atoms with Gasteiger partial charge in [0.2, 0.25) is 29.5 Å². The lowest BCUT2D eigenvalue weighted by atomic mass is 9.81. The van der Waals surface area contributed by atoms with E-state index in [2.05, 4.69) is 26.6 Å². The molecule has 0 radical (unpaired) electrons. The first-order chi connectivity index (χ1) is 31.2. The first-order valence-corrected chi connectivity index (χ1v) is 21.8. The standard InChI is InChI=1S/C46H51FN8O10/c1-3-46(63)29-15-34-40-27(20-55(34)44(61)28(29)21-64-45(46)62)39-31(14-12-26-23(2)30(47)16-33(53-40)38(26)39)54-43(60)41(25-10-11-25)65-22-51-36(57)18-50-42(59)32(13-9-24-7-5-4-6-8-24)52-37(58)19-49-35(56)17-48/h4-8,15-16,25,31-32,41,63H,3,9-14,17-22,48H2,1-2H3,(H,49,56)(H,50,59)(H,51,57)(H,52,58)(H,54,60)/t31-,32-,41-,46-/m0/s1. The van der Waals surface area contributed by atoms with E-state index in [4.69, 9.17) is 20.2 Å². The van der Waals surface area contributed by atoms with E-state index in [9.17, 15) is 38.7 Å². The number of aryl methyl sites for hydroxylation is 2. The van der Waals surface area contributed by atoms with Gasteiger partial charge < -0.3 is 51.5 Å². The van der Waals surface area contributed by atoms with Gasteiger partial charge in [0.15, 0.2) is 5.60 Å². The summed E-state index contributed by atoms with van der Waals surface area (Å²) in [5, 5.41) is 25.3. The van der Waals surface area contributed by atoms with E-state index >= 15 is 4.39 Å². The molecule has 4 heterocycles. The Morgan fingerprint density at radius 1 is 0.985 bits per heavy atom. The van der Waals surface area contributed by atoms with Crippen LogP contribution in [-0.2, 0) is 69.8 Å². The van der Waals surface area contributed by atoms with Gasteiger partial charge >= 0.3 is 5.97 Å². The Labute approximate surface area is 372 Å². The third-order valence-corrected chi connectivity index (χ3v) is 12.8. The molecule has 2 aromatic heterocycles. The minimum atomic E-state index is -2.04. The summed E-state index contributed by atoms with van der Waals surface area (Å²) in [7, 11) is 0. The average Bonchev–Trinajstić information content (AvgIpc) is 4.08. The highest BCUT2D eigenvalue weighted by Crippen LogP contribution is 2.46. The van der Waals surface area contributed by atoms with E-state index in [0.29, 0.717) is 71.1 Å². The molecule has 342 valence electrons. The number of fused-ring (bicyclic) bond motifs is 5. The van der Waals surface area contributed by atoms with Crippen molar-refractivity contribution in [1.82, 2.24) is 36.1 Å². The second-order valence-electron chi connectivity index (χ2n) is 16.9. The number of esters is 1. The van der Waals surface area contributed by atoms with Gasteiger partial charge in [-0.1, -0.05) is 37.3 Å². The second kappa shape index (κ2) is 18.5. The predicted octanol–water partition coefficient (Wildman–Crippen LogP) is 0.808. The summed E-state index contributed by atoms with van der Waals surface area (Å²) in [6.45, 7) is 1.60. The molecule has 0 bridgehead atoms. The van der Waals surface area contributed by atoms with Crippen molar-refractivity contribution in [2.75, 3.05) is 26.4 Å². The second-order valence-corrected chi connectivity index (χ2v) is 16.9. The van der Waals surface area contributed by atoms with Gasteiger partial charge in [-0.15, -0.1) is 0 Å². The lowest BCUT2D eigenvalue weighted by molar-refractivity contribution is -0.172. The fourth-order valence-electron chi connectivity index (χ4n) is 9.06. The third kappa shape index (κ3) is 8.95. The number of hydrogen-bond donors (Lipinski definition) is 7. The van der Waals surface area contributed by atoms with Gasteiger partial charge in [0.1, 0.15) is 31.3 Å². The molecule has 1 saturated carbocycles. The fourth-order valence-corrected chi connectivity index (χ4v) is 9.06. The highest BCUT2D eigenvalue weighted by molar-refractivity contribution is 5.95. The Hall–Kier alpha value is -6.57. The van der Waals surface area contributed by atoms with Crippen LogP contribution in [0.4, 0.5) is 4.39 Å². The lowest BCUT2D eigenvalue weighted by Crippen LogP contribution is -2.51. The number of pyridine rings is 2. The number of nitrogens with one attached hydrogen (secondary N) is 5. The molecule has 2 aliphatic heterocycles. The Bertz CT molecular complexity index is 2670. The maximum Gasteiger partial charge on any atom is 0.343 e. The topological polar surface area (TPSA) is 262 Å². The van der Waals surface area contributed by atoms with E-state index in [-0.39, 0.29) is 62.9 Å². The van der Waals surface area contributed by atoms with Crippen molar-refractivity contribution in [1.29, 1.82) is 0 Å². The fraction of sp³-hybridized carbons (Fsp3) is 0.435. The molecular weight excluding hydrogens is 844 g/mol. The number of aliphatic hydroxyl groups is 1. The molecule has 4 atom stereocenters. The van der Waals surface area contributed by atoms with Crippen LogP contribution in [0, 0.1) is 18.7 Å². The number of ether oxygens (including phenoxy) is 2. The summed E-state index contributed by atoms with van der Waals surface area (Å²) in [4.78, 5) is 96.1. The molecule has 19 heteroatoms. The zero-order valence-corrected chi connectivity index (χ0v) is 36.0. The number of benzene rings is 2. The first kappa shape index (κ1) is 45.0. The molecule has 5 amide bonds. The number of cyclic esters (lactones) is 1. The van der Waals surface area contributed by atoms with Crippen molar-refractivity contribution < 1.29 is 47.7 Å². The first-order valence-electron chi connectivity index (χ1n) is 21.8. The molecule has 18 nitrogen and oxygen atoms in total. The van der Waals surface area contributed by atoms with Crippen molar-refractivity contribution in [2.45, 2.75) is 95.7 Å². The van der Waals surface area contributed by atoms with Gasteiger partial charge in [0.05, 0.1) is 54.7 Å². The summed E-state index contributed by atoms with van der Waals surface area (Å²) < 4.78 is 28.2. The number of carbonyl (C=O) groups is 6. The number of halogens is 1. The lowest BCUT2D eigenvalue weighted by Gasteiger charge is -2.31. The zero-order chi connectivity index (χ0) is 46.2. The molecule has 2 aliphatic carbocycles. The molecule has 4 aromatic rings. The summed E-state index contributed by atoms with van der Waals surface area (Å²) in [6.07, 6.45) is 1.94.